The summed E-state index contributed by atoms with van der Waals surface area (Å²) in [5, 5.41) is 0. The number of likely N-dealkylation sites (tertiary alicyclic amines) is 1. The average Bonchev–Trinajstić information content (AvgIpc) is 2.92. The third kappa shape index (κ3) is 4.54. The maximum absolute atomic E-state index is 12.4. The molecule has 0 aromatic heterocycles. The lowest BCUT2D eigenvalue weighted by atomic mass is 9.97. The van der Waals surface area contributed by atoms with Crippen molar-refractivity contribution in [1.29, 1.82) is 0 Å². The first-order chi connectivity index (χ1) is 12.8. The van der Waals surface area contributed by atoms with E-state index < -0.39 is 5.97 Å². The highest BCUT2D eigenvalue weighted by molar-refractivity contribution is 5.81. The maximum atomic E-state index is 12.4. The predicted octanol–water partition coefficient (Wildman–Crippen LogP) is 3.11. The molecule has 0 saturated carbocycles. The van der Waals surface area contributed by atoms with E-state index in [0.717, 1.165) is 31.2 Å². The lowest BCUT2D eigenvalue weighted by Crippen LogP contribution is -2.49. The number of carbonyl (C=O) groups excluding carboxylic acids is 2. The summed E-state index contributed by atoms with van der Waals surface area (Å²) in [6.45, 7) is 7.61. The summed E-state index contributed by atoms with van der Waals surface area (Å²) in [6, 6.07) is 6.02. The molecule has 1 saturated heterocycles. The Balaban J connectivity index is 1.50. The van der Waals surface area contributed by atoms with Gasteiger partial charge in [-0.15, -0.1) is 0 Å². The molecule has 0 radical (unpaired) electrons. The van der Waals surface area contributed by atoms with Crippen LogP contribution in [0.4, 0.5) is 0 Å². The highest BCUT2D eigenvalue weighted by atomic mass is 16.6. The van der Waals surface area contributed by atoms with Crippen LogP contribution in [0.2, 0.25) is 0 Å². The number of rotatable bonds is 5. The molecule has 0 bridgehead atoms. The van der Waals surface area contributed by atoms with Crippen molar-refractivity contribution in [3.8, 4) is 11.5 Å². The van der Waals surface area contributed by atoms with Gasteiger partial charge in [-0.2, -0.15) is 0 Å². The number of ether oxygens (including phenoxy) is 3. The summed E-state index contributed by atoms with van der Waals surface area (Å²) >= 11 is 0. The number of piperidine rings is 1. The second kappa shape index (κ2) is 7.79. The van der Waals surface area contributed by atoms with Gasteiger partial charge in [-0.3, -0.25) is 4.79 Å². The molecule has 2 heterocycles. The second-order valence-electron chi connectivity index (χ2n) is 8.16. The third-order valence-electron chi connectivity index (χ3n) is 5.24. The summed E-state index contributed by atoms with van der Waals surface area (Å²) in [5.74, 6) is 0.506. The molecule has 1 amide bonds. The Morgan fingerprint density at radius 2 is 1.89 bits per heavy atom. The highest BCUT2D eigenvalue weighted by Gasteiger charge is 2.32. The van der Waals surface area contributed by atoms with Crippen LogP contribution in [0, 0.1) is 0 Å². The number of esters is 1. The average molecular weight is 375 g/mol. The Bertz CT molecular complexity index is 705. The van der Waals surface area contributed by atoms with Crippen LogP contribution in [-0.2, 0) is 20.7 Å². The van der Waals surface area contributed by atoms with Crippen molar-refractivity contribution in [2.24, 2.45) is 0 Å². The molecular weight excluding hydrogens is 346 g/mol. The Labute approximate surface area is 160 Å². The maximum Gasteiger partial charge on any atom is 0.344 e. The monoisotopic (exact) mass is 375 g/mol. The molecule has 1 aromatic carbocycles. The van der Waals surface area contributed by atoms with Crippen molar-refractivity contribution in [3.05, 3.63) is 23.8 Å². The fourth-order valence-corrected chi connectivity index (χ4v) is 4.01. The second-order valence-corrected chi connectivity index (χ2v) is 8.16. The normalized spacial score (nSPS) is 23.3. The first kappa shape index (κ1) is 19.5. The van der Waals surface area contributed by atoms with Crippen molar-refractivity contribution in [2.45, 2.75) is 71.1 Å². The van der Waals surface area contributed by atoms with Crippen molar-refractivity contribution in [1.82, 2.24) is 4.90 Å². The number of para-hydroxylation sites is 1. The number of carbonyl (C=O) groups is 2. The van der Waals surface area contributed by atoms with Crippen LogP contribution < -0.4 is 9.47 Å². The van der Waals surface area contributed by atoms with E-state index in [9.17, 15) is 9.59 Å². The molecular formula is C21H29NO5. The van der Waals surface area contributed by atoms with Crippen LogP contribution >= 0.6 is 0 Å². The van der Waals surface area contributed by atoms with Crippen molar-refractivity contribution in [2.75, 3.05) is 13.2 Å². The first-order valence-corrected chi connectivity index (χ1v) is 9.67. The van der Waals surface area contributed by atoms with E-state index in [1.165, 1.54) is 0 Å². The molecule has 1 aromatic rings. The Kier molecular flexibility index (Phi) is 5.63. The van der Waals surface area contributed by atoms with E-state index >= 15 is 0 Å². The Morgan fingerprint density at radius 1 is 1.19 bits per heavy atom. The zero-order valence-electron chi connectivity index (χ0n) is 16.6. The largest absolute Gasteiger partial charge is 0.483 e. The molecule has 2 atom stereocenters. The molecule has 6 nitrogen and oxygen atoms in total. The van der Waals surface area contributed by atoms with Gasteiger partial charge in [-0.05, 0) is 53.0 Å². The molecule has 1 fully saturated rings. The number of hydrogen-bond acceptors (Lipinski definition) is 5. The van der Waals surface area contributed by atoms with Gasteiger partial charge in [0.15, 0.2) is 24.7 Å². The number of benzene rings is 1. The van der Waals surface area contributed by atoms with Crippen LogP contribution in [0.1, 0.15) is 52.5 Å². The number of fused-ring (bicyclic) bond motifs is 1. The summed E-state index contributed by atoms with van der Waals surface area (Å²) in [7, 11) is 0. The minimum Gasteiger partial charge on any atom is -0.483 e. The van der Waals surface area contributed by atoms with Gasteiger partial charge in [0.25, 0.3) is 5.91 Å². The highest BCUT2D eigenvalue weighted by Crippen LogP contribution is 2.41. The van der Waals surface area contributed by atoms with E-state index in [1.807, 2.05) is 44.7 Å². The SMILES string of the molecule is CC1CCCC(C)N1C(=O)COC(=O)COc1cccc2c1OC(C)(C)C2. The van der Waals surface area contributed by atoms with Crippen LogP contribution in [0.25, 0.3) is 0 Å². The van der Waals surface area contributed by atoms with Gasteiger partial charge in [0.05, 0.1) is 0 Å². The zero-order valence-corrected chi connectivity index (χ0v) is 16.6. The van der Waals surface area contributed by atoms with E-state index in [2.05, 4.69) is 0 Å². The molecule has 2 aliphatic heterocycles. The molecule has 27 heavy (non-hydrogen) atoms. The van der Waals surface area contributed by atoms with Gasteiger partial charge in [-0.25, -0.2) is 4.79 Å². The van der Waals surface area contributed by atoms with Gasteiger partial charge in [0.2, 0.25) is 0 Å². The minimum atomic E-state index is -0.560. The lowest BCUT2D eigenvalue weighted by molar-refractivity contribution is -0.156. The van der Waals surface area contributed by atoms with Gasteiger partial charge in [0, 0.05) is 24.1 Å². The third-order valence-corrected chi connectivity index (χ3v) is 5.24. The van der Waals surface area contributed by atoms with Gasteiger partial charge in [0.1, 0.15) is 5.60 Å². The van der Waals surface area contributed by atoms with Crippen molar-refractivity contribution < 1.29 is 23.8 Å². The van der Waals surface area contributed by atoms with E-state index in [4.69, 9.17) is 14.2 Å². The van der Waals surface area contributed by atoms with Crippen LogP contribution in [0.15, 0.2) is 18.2 Å². The van der Waals surface area contributed by atoms with Crippen LogP contribution in [-0.4, -0.2) is 47.7 Å². The summed E-state index contributed by atoms with van der Waals surface area (Å²) in [4.78, 5) is 26.3. The summed E-state index contributed by atoms with van der Waals surface area (Å²) < 4.78 is 16.7. The van der Waals surface area contributed by atoms with Gasteiger partial charge in [-0.1, -0.05) is 12.1 Å². The van der Waals surface area contributed by atoms with Crippen molar-refractivity contribution >= 4 is 11.9 Å². The Hall–Kier alpha value is -2.24. The lowest BCUT2D eigenvalue weighted by Gasteiger charge is -2.38. The van der Waals surface area contributed by atoms with Gasteiger partial charge >= 0.3 is 5.97 Å². The molecule has 3 rings (SSSR count). The Morgan fingerprint density at radius 3 is 2.59 bits per heavy atom. The van der Waals surface area contributed by atoms with E-state index in [0.29, 0.717) is 11.5 Å². The minimum absolute atomic E-state index is 0.145. The summed E-state index contributed by atoms with van der Waals surface area (Å²) in [6.07, 6.45) is 3.90. The number of nitrogens with zero attached hydrogens (tertiary/aromatic N) is 1. The topological polar surface area (TPSA) is 65.1 Å². The fourth-order valence-electron chi connectivity index (χ4n) is 4.01. The predicted molar refractivity (Wildman–Crippen MR) is 101 cm³/mol. The summed E-state index contributed by atoms with van der Waals surface area (Å²) in [5.41, 5.74) is 0.783. The standard InChI is InChI=1S/C21H29NO5/c1-14-7-5-8-15(2)22(14)18(23)12-26-19(24)13-25-17-10-6-9-16-11-21(3,4)27-20(16)17/h6,9-10,14-15H,5,7-8,11-13H2,1-4H3. The zero-order chi connectivity index (χ0) is 19.6. The fraction of sp³-hybridized carbons (Fsp3) is 0.619. The van der Waals surface area contributed by atoms with E-state index in [1.54, 1.807) is 6.07 Å². The van der Waals surface area contributed by atoms with Crippen LogP contribution in [0.5, 0.6) is 11.5 Å². The molecule has 0 N–H and O–H groups in total. The molecule has 2 unspecified atom stereocenters. The van der Waals surface area contributed by atoms with Crippen LogP contribution in [0.3, 0.4) is 0 Å². The smallest absolute Gasteiger partial charge is 0.344 e. The first-order valence-electron chi connectivity index (χ1n) is 9.67. The number of amides is 1. The molecule has 2 aliphatic rings. The quantitative estimate of drug-likeness (QED) is 0.740. The van der Waals surface area contributed by atoms with Gasteiger partial charge < -0.3 is 19.1 Å². The van der Waals surface area contributed by atoms with E-state index in [-0.39, 0.29) is 36.8 Å². The van der Waals surface area contributed by atoms with Crippen molar-refractivity contribution in [3.63, 3.8) is 0 Å². The molecule has 0 spiro atoms. The molecule has 0 aliphatic carbocycles. The number of hydrogen-bond donors (Lipinski definition) is 0. The molecule has 6 heteroatoms. The molecule has 148 valence electrons.